The van der Waals surface area contributed by atoms with Gasteiger partial charge in [-0.3, -0.25) is 9.78 Å². The first-order valence-corrected chi connectivity index (χ1v) is 9.03. The third-order valence-electron chi connectivity index (χ3n) is 4.36. The molecule has 2 aromatic rings. The van der Waals surface area contributed by atoms with Gasteiger partial charge in [-0.25, -0.2) is 0 Å². The summed E-state index contributed by atoms with van der Waals surface area (Å²) in [7, 11) is 0. The maximum Gasteiger partial charge on any atom is 0.274 e. The Morgan fingerprint density at radius 2 is 1.84 bits per heavy atom. The molecule has 1 aromatic heterocycles. The number of aromatic nitrogens is 1. The molecule has 0 spiro atoms. The van der Waals surface area contributed by atoms with E-state index in [9.17, 15) is 4.79 Å². The largest absolute Gasteiger partial charge is 0.369 e. The zero-order chi connectivity index (χ0) is 17.8. The van der Waals surface area contributed by atoms with E-state index in [4.69, 9.17) is 23.2 Å². The van der Waals surface area contributed by atoms with E-state index in [1.54, 1.807) is 24.4 Å². The van der Waals surface area contributed by atoms with Gasteiger partial charge in [0.1, 0.15) is 5.69 Å². The average molecular weight is 379 g/mol. The minimum Gasteiger partial charge on any atom is -0.369 e. The van der Waals surface area contributed by atoms with Gasteiger partial charge in [0.25, 0.3) is 5.91 Å². The molecule has 0 radical (unpaired) electrons. The van der Waals surface area contributed by atoms with E-state index in [0.717, 1.165) is 38.4 Å². The van der Waals surface area contributed by atoms with Gasteiger partial charge in [0.15, 0.2) is 0 Å². The minimum atomic E-state index is -0.330. The third-order valence-corrected chi connectivity index (χ3v) is 4.99. The molecule has 5 nitrogen and oxygen atoms in total. The molecule has 7 heteroatoms. The highest BCUT2D eigenvalue weighted by molar-refractivity contribution is 6.40. The SMILES string of the molecule is CCN1CCN(c2ccnc(C(=O)Nc3c(Cl)cccc3Cl)c2)CC1. The fourth-order valence-electron chi connectivity index (χ4n) is 2.86. The highest BCUT2D eigenvalue weighted by Crippen LogP contribution is 2.30. The van der Waals surface area contributed by atoms with Gasteiger partial charge in [-0.2, -0.15) is 0 Å². The highest BCUT2D eigenvalue weighted by Gasteiger charge is 2.18. The molecule has 3 rings (SSSR count). The molecule has 0 atom stereocenters. The predicted octanol–water partition coefficient (Wildman–Crippen LogP) is 3.78. The third kappa shape index (κ3) is 4.24. The molecule has 0 aliphatic carbocycles. The average Bonchev–Trinajstić information content (AvgIpc) is 2.65. The van der Waals surface area contributed by atoms with E-state index < -0.39 is 0 Å². The monoisotopic (exact) mass is 378 g/mol. The standard InChI is InChI=1S/C18H20Cl2N4O/c1-2-23-8-10-24(11-9-23)13-6-7-21-16(12-13)18(25)22-17-14(19)4-3-5-15(17)20/h3-7,12H,2,8-11H2,1H3,(H,22,25). The van der Waals surface area contributed by atoms with Crippen LogP contribution in [0.25, 0.3) is 0 Å². The molecular weight excluding hydrogens is 359 g/mol. The van der Waals surface area contributed by atoms with E-state index >= 15 is 0 Å². The summed E-state index contributed by atoms with van der Waals surface area (Å²) >= 11 is 12.2. The number of benzene rings is 1. The van der Waals surface area contributed by atoms with Gasteiger partial charge in [0.05, 0.1) is 15.7 Å². The molecule has 0 unspecified atom stereocenters. The number of carbonyl (C=O) groups excluding carboxylic acids is 1. The molecule has 1 fully saturated rings. The van der Waals surface area contributed by atoms with Crippen LogP contribution in [0.2, 0.25) is 10.0 Å². The second-order valence-corrected chi connectivity index (χ2v) is 6.69. The number of pyridine rings is 1. The Labute approximate surface area is 157 Å². The lowest BCUT2D eigenvalue weighted by Crippen LogP contribution is -2.46. The molecule has 1 aliphatic heterocycles. The number of anilines is 2. The van der Waals surface area contributed by atoms with Crippen LogP contribution in [0.3, 0.4) is 0 Å². The Balaban J connectivity index is 1.74. The van der Waals surface area contributed by atoms with Crippen LogP contribution in [-0.2, 0) is 0 Å². The number of para-hydroxylation sites is 1. The summed E-state index contributed by atoms with van der Waals surface area (Å²) in [4.78, 5) is 21.4. The molecule has 132 valence electrons. The first-order valence-electron chi connectivity index (χ1n) is 8.27. The van der Waals surface area contributed by atoms with Crippen LogP contribution in [-0.4, -0.2) is 48.5 Å². The number of nitrogens with zero attached hydrogens (tertiary/aromatic N) is 3. The summed E-state index contributed by atoms with van der Waals surface area (Å²) in [6.45, 7) is 7.16. The van der Waals surface area contributed by atoms with Crippen molar-refractivity contribution in [1.29, 1.82) is 0 Å². The minimum absolute atomic E-state index is 0.330. The summed E-state index contributed by atoms with van der Waals surface area (Å²) in [6.07, 6.45) is 1.66. The smallest absolute Gasteiger partial charge is 0.274 e. The Kier molecular flexibility index (Phi) is 5.78. The lowest BCUT2D eigenvalue weighted by molar-refractivity contribution is 0.102. The molecule has 2 heterocycles. The van der Waals surface area contributed by atoms with Crippen molar-refractivity contribution in [3.05, 3.63) is 52.3 Å². The molecule has 25 heavy (non-hydrogen) atoms. The predicted molar refractivity (Wildman–Crippen MR) is 103 cm³/mol. The fraction of sp³-hybridized carbons (Fsp3) is 0.333. The topological polar surface area (TPSA) is 48.5 Å². The first-order chi connectivity index (χ1) is 12.1. The van der Waals surface area contributed by atoms with Crippen molar-refractivity contribution in [1.82, 2.24) is 9.88 Å². The van der Waals surface area contributed by atoms with Gasteiger partial charge in [0, 0.05) is 38.1 Å². The number of carbonyl (C=O) groups is 1. The van der Waals surface area contributed by atoms with Crippen molar-refractivity contribution in [2.45, 2.75) is 6.92 Å². The summed E-state index contributed by atoms with van der Waals surface area (Å²) in [5.41, 5.74) is 1.74. The number of likely N-dealkylation sites (N-methyl/N-ethyl adjacent to an activating group) is 1. The summed E-state index contributed by atoms with van der Waals surface area (Å²) in [6, 6.07) is 8.83. The number of nitrogens with one attached hydrogen (secondary N) is 1. The number of piperazine rings is 1. The Morgan fingerprint density at radius 1 is 1.16 bits per heavy atom. The van der Waals surface area contributed by atoms with E-state index in [1.807, 2.05) is 12.1 Å². The molecule has 1 amide bonds. The Bertz CT molecular complexity index is 740. The normalized spacial score (nSPS) is 15.2. The Hall–Kier alpha value is -1.82. The molecule has 0 bridgehead atoms. The quantitative estimate of drug-likeness (QED) is 0.879. The second kappa shape index (κ2) is 8.04. The molecule has 0 saturated carbocycles. The van der Waals surface area contributed by atoms with Crippen LogP contribution >= 0.6 is 23.2 Å². The van der Waals surface area contributed by atoms with Crippen molar-refractivity contribution < 1.29 is 4.79 Å². The van der Waals surface area contributed by atoms with Crippen molar-refractivity contribution >= 4 is 40.5 Å². The van der Waals surface area contributed by atoms with Gasteiger partial charge in [0.2, 0.25) is 0 Å². The maximum absolute atomic E-state index is 12.5. The van der Waals surface area contributed by atoms with Gasteiger partial charge in [-0.15, -0.1) is 0 Å². The molecule has 1 aromatic carbocycles. The number of hydrogen-bond acceptors (Lipinski definition) is 4. The van der Waals surface area contributed by atoms with Crippen molar-refractivity contribution in [2.24, 2.45) is 0 Å². The Morgan fingerprint density at radius 3 is 2.48 bits per heavy atom. The lowest BCUT2D eigenvalue weighted by atomic mass is 10.2. The van der Waals surface area contributed by atoms with E-state index in [2.05, 4.69) is 27.0 Å². The molecule has 1 aliphatic rings. The maximum atomic E-state index is 12.5. The van der Waals surface area contributed by atoms with Crippen molar-refractivity contribution in [2.75, 3.05) is 42.9 Å². The van der Waals surface area contributed by atoms with Crippen LogP contribution in [0.1, 0.15) is 17.4 Å². The van der Waals surface area contributed by atoms with E-state index in [1.165, 1.54) is 0 Å². The second-order valence-electron chi connectivity index (χ2n) is 5.87. The van der Waals surface area contributed by atoms with Crippen LogP contribution in [0.4, 0.5) is 11.4 Å². The molecular formula is C18H20Cl2N4O. The number of hydrogen-bond donors (Lipinski definition) is 1. The van der Waals surface area contributed by atoms with E-state index in [0.29, 0.717) is 21.4 Å². The van der Waals surface area contributed by atoms with Crippen LogP contribution < -0.4 is 10.2 Å². The van der Waals surface area contributed by atoms with Crippen LogP contribution in [0.5, 0.6) is 0 Å². The summed E-state index contributed by atoms with van der Waals surface area (Å²) in [5, 5.41) is 3.54. The zero-order valence-electron chi connectivity index (χ0n) is 14.0. The first kappa shape index (κ1) is 18.0. The van der Waals surface area contributed by atoms with Crippen LogP contribution in [0.15, 0.2) is 36.5 Å². The molecule has 1 saturated heterocycles. The molecule has 1 N–H and O–H groups in total. The highest BCUT2D eigenvalue weighted by atomic mass is 35.5. The van der Waals surface area contributed by atoms with Gasteiger partial charge < -0.3 is 15.1 Å². The number of amides is 1. The van der Waals surface area contributed by atoms with Crippen LogP contribution in [0, 0.1) is 0 Å². The number of rotatable bonds is 4. The van der Waals surface area contributed by atoms with Crippen molar-refractivity contribution in [3.8, 4) is 0 Å². The van der Waals surface area contributed by atoms with Gasteiger partial charge in [-0.1, -0.05) is 36.2 Å². The number of halogens is 2. The fourth-order valence-corrected chi connectivity index (χ4v) is 3.35. The van der Waals surface area contributed by atoms with Gasteiger partial charge in [-0.05, 0) is 30.8 Å². The summed E-state index contributed by atoms with van der Waals surface area (Å²) < 4.78 is 0. The summed E-state index contributed by atoms with van der Waals surface area (Å²) in [5.74, 6) is -0.330. The zero-order valence-corrected chi connectivity index (χ0v) is 15.5. The van der Waals surface area contributed by atoms with E-state index in [-0.39, 0.29) is 5.91 Å². The lowest BCUT2D eigenvalue weighted by Gasteiger charge is -2.35. The van der Waals surface area contributed by atoms with Crippen molar-refractivity contribution in [3.63, 3.8) is 0 Å². The van der Waals surface area contributed by atoms with Gasteiger partial charge >= 0.3 is 0 Å².